The van der Waals surface area contributed by atoms with Crippen molar-refractivity contribution in [3.05, 3.63) is 95.4 Å². The molecule has 0 bridgehead atoms. The third-order valence-corrected chi connectivity index (χ3v) is 8.66. The second kappa shape index (κ2) is 8.70. The van der Waals surface area contributed by atoms with Gasteiger partial charge >= 0.3 is 0 Å². The first kappa shape index (κ1) is 22.1. The van der Waals surface area contributed by atoms with E-state index < -0.39 is 5.41 Å². The molecule has 2 aliphatic rings. The minimum atomic E-state index is -0.477. The number of para-hydroxylation sites is 1. The Kier molecular flexibility index (Phi) is 5.50. The van der Waals surface area contributed by atoms with Crippen LogP contribution >= 0.6 is 11.3 Å². The summed E-state index contributed by atoms with van der Waals surface area (Å²) in [5.74, 6) is 0.193. The van der Waals surface area contributed by atoms with Gasteiger partial charge in [-0.05, 0) is 63.0 Å². The van der Waals surface area contributed by atoms with E-state index in [0.29, 0.717) is 0 Å². The molecule has 2 aromatic carbocycles. The van der Waals surface area contributed by atoms with Crippen LogP contribution in [0, 0.1) is 13.8 Å². The van der Waals surface area contributed by atoms with Gasteiger partial charge in [0, 0.05) is 18.3 Å². The minimum absolute atomic E-state index is 0.193. The number of anilines is 2. The molecular weight excluding hydrogens is 452 g/mol. The van der Waals surface area contributed by atoms with Gasteiger partial charge in [0.25, 0.3) is 0 Å². The average Bonchev–Trinajstić information content (AvgIpc) is 3.38. The summed E-state index contributed by atoms with van der Waals surface area (Å²) in [6.45, 7) is 6.71. The van der Waals surface area contributed by atoms with Crippen LogP contribution in [-0.4, -0.2) is 33.9 Å². The van der Waals surface area contributed by atoms with Crippen molar-refractivity contribution in [2.24, 2.45) is 0 Å². The van der Waals surface area contributed by atoms with Crippen LogP contribution in [0.3, 0.4) is 0 Å². The van der Waals surface area contributed by atoms with Gasteiger partial charge in [0.2, 0.25) is 5.91 Å². The molecule has 5 nitrogen and oxygen atoms in total. The molecule has 4 aromatic rings. The molecule has 0 radical (unpaired) electrons. The molecule has 1 amide bonds. The summed E-state index contributed by atoms with van der Waals surface area (Å²) in [6, 6.07) is 22.6. The zero-order chi connectivity index (χ0) is 24.0. The third kappa shape index (κ3) is 3.68. The van der Waals surface area contributed by atoms with Crippen molar-refractivity contribution in [2.45, 2.75) is 38.6 Å². The van der Waals surface area contributed by atoms with E-state index in [4.69, 9.17) is 4.98 Å². The van der Waals surface area contributed by atoms with Crippen LogP contribution in [0.5, 0.6) is 0 Å². The van der Waals surface area contributed by atoms with Crippen LogP contribution in [0.1, 0.15) is 35.4 Å². The predicted molar refractivity (Wildman–Crippen MR) is 141 cm³/mol. The number of aromatic nitrogens is 2. The number of amides is 1. The van der Waals surface area contributed by atoms with Crippen LogP contribution in [0.25, 0.3) is 10.6 Å². The maximum atomic E-state index is 14.2. The van der Waals surface area contributed by atoms with Crippen molar-refractivity contribution in [3.63, 3.8) is 0 Å². The van der Waals surface area contributed by atoms with Crippen molar-refractivity contribution in [3.8, 4) is 10.6 Å². The Bertz CT molecular complexity index is 1390. The smallest absolute Gasteiger partial charge is 0.243 e. The number of benzene rings is 2. The molecule has 1 saturated heterocycles. The number of fused-ring (bicyclic) bond motifs is 2. The van der Waals surface area contributed by atoms with Gasteiger partial charge in [-0.1, -0.05) is 65.9 Å². The average molecular weight is 481 g/mol. The number of carbonyl (C=O) groups excluding carboxylic acids is 1. The molecule has 4 heterocycles. The van der Waals surface area contributed by atoms with E-state index in [-0.39, 0.29) is 5.91 Å². The lowest BCUT2D eigenvalue weighted by Crippen LogP contribution is -2.47. The fourth-order valence-corrected chi connectivity index (χ4v) is 6.57. The lowest BCUT2D eigenvalue weighted by molar-refractivity contribution is -0.124. The van der Waals surface area contributed by atoms with Gasteiger partial charge in [-0.2, -0.15) is 0 Å². The van der Waals surface area contributed by atoms with Gasteiger partial charge in [-0.25, -0.2) is 4.98 Å². The number of aryl methyl sites for hydroxylation is 2. The maximum absolute atomic E-state index is 14.2. The van der Waals surface area contributed by atoms with E-state index in [1.807, 2.05) is 48.4 Å². The van der Waals surface area contributed by atoms with Crippen molar-refractivity contribution in [2.75, 3.05) is 18.0 Å². The number of piperidine rings is 1. The molecule has 6 rings (SSSR count). The van der Waals surface area contributed by atoms with Gasteiger partial charge < -0.3 is 0 Å². The summed E-state index contributed by atoms with van der Waals surface area (Å²) in [5.41, 5.74) is 6.02. The maximum Gasteiger partial charge on any atom is 0.243 e. The van der Waals surface area contributed by atoms with Crippen molar-refractivity contribution >= 4 is 27.9 Å². The molecule has 0 atom stereocenters. The number of pyridine rings is 1. The van der Waals surface area contributed by atoms with E-state index >= 15 is 0 Å². The van der Waals surface area contributed by atoms with Gasteiger partial charge in [-0.15, -0.1) is 0 Å². The number of hydrogen-bond acceptors (Lipinski definition) is 5. The second-order valence-corrected chi connectivity index (χ2v) is 10.5. The Labute approximate surface area is 210 Å². The van der Waals surface area contributed by atoms with Gasteiger partial charge in [-0.3, -0.25) is 19.6 Å². The Morgan fingerprint density at radius 1 is 0.943 bits per heavy atom. The summed E-state index contributed by atoms with van der Waals surface area (Å²) < 4.78 is 0. The summed E-state index contributed by atoms with van der Waals surface area (Å²) in [7, 11) is 0. The second-order valence-electron chi connectivity index (χ2n) is 9.56. The predicted octanol–water partition coefficient (Wildman–Crippen LogP) is 6.03. The fraction of sp³-hybridized carbons (Fsp3) is 0.276. The zero-order valence-corrected chi connectivity index (χ0v) is 20.9. The minimum Gasteiger partial charge on any atom is -0.297 e. The summed E-state index contributed by atoms with van der Waals surface area (Å²) in [5, 5.41) is 1.88. The molecule has 6 heteroatoms. The number of rotatable bonds is 4. The molecule has 2 aromatic heterocycles. The standard InChI is InChI=1S/C29H28N4OS/c1-20-9-8-16-30-24(20)19-32-17-14-29(15-18-32)23-12-6-7-13-25(23)33(28(29)34)27-21(2)31-26(35-27)22-10-4-3-5-11-22/h3-13,16H,14-15,17-19H2,1-2H3. The largest absolute Gasteiger partial charge is 0.297 e. The molecule has 0 N–H and O–H groups in total. The van der Waals surface area contributed by atoms with E-state index in [2.05, 4.69) is 53.2 Å². The Balaban J connectivity index is 1.31. The Hall–Kier alpha value is -3.35. The monoisotopic (exact) mass is 480 g/mol. The normalized spacial score (nSPS) is 17.2. The zero-order valence-electron chi connectivity index (χ0n) is 20.1. The highest BCUT2D eigenvalue weighted by molar-refractivity contribution is 7.19. The van der Waals surface area contributed by atoms with Crippen molar-refractivity contribution in [1.82, 2.24) is 14.9 Å². The lowest BCUT2D eigenvalue weighted by atomic mass is 9.73. The molecule has 1 fully saturated rings. The molecule has 176 valence electrons. The number of likely N-dealkylation sites (tertiary alicyclic amines) is 1. The van der Waals surface area contributed by atoms with Gasteiger partial charge in [0.15, 0.2) is 0 Å². The first-order valence-electron chi connectivity index (χ1n) is 12.2. The quantitative estimate of drug-likeness (QED) is 0.358. The summed E-state index contributed by atoms with van der Waals surface area (Å²) >= 11 is 1.60. The van der Waals surface area contributed by atoms with E-state index in [0.717, 1.165) is 70.7 Å². The highest BCUT2D eigenvalue weighted by atomic mass is 32.1. The van der Waals surface area contributed by atoms with Crippen molar-refractivity contribution < 1.29 is 4.79 Å². The molecule has 2 aliphatic heterocycles. The number of hydrogen-bond donors (Lipinski definition) is 0. The summed E-state index contributed by atoms with van der Waals surface area (Å²) in [4.78, 5) is 28.0. The van der Waals surface area contributed by atoms with Gasteiger partial charge in [0.05, 0.1) is 22.5 Å². The Morgan fingerprint density at radius 3 is 2.46 bits per heavy atom. The van der Waals surface area contributed by atoms with E-state index in [1.165, 1.54) is 5.56 Å². The first-order chi connectivity index (χ1) is 17.1. The molecular formula is C29H28N4OS. The third-order valence-electron chi connectivity index (χ3n) is 7.47. The number of nitrogens with zero attached hydrogens (tertiary/aromatic N) is 4. The highest BCUT2D eigenvalue weighted by Gasteiger charge is 2.53. The molecule has 1 spiro atoms. The van der Waals surface area contributed by atoms with Crippen LogP contribution < -0.4 is 4.90 Å². The topological polar surface area (TPSA) is 49.3 Å². The number of carbonyl (C=O) groups is 1. The summed E-state index contributed by atoms with van der Waals surface area (Å²) in [6.07, 6.45) is 3.49. The fourth-order valence-electron chi connectivity index (χ4n) is 5.49. The number of thiazole rings is 1. The van der Waals surface area contributed by atoms with Crippen molar-refractivity contribution in [1.29, 1.82) is 0 Å². The highest BCUT2D eigenvalue weighted by Crippen LogP contribution is 2.52. The van der Waals surface area contributed by atoms with Gasteiger partial charge in [0.1, 0.15) is 10.0 Å². The first-order valence-corrected chi connectivity index (χ1v) is 13.0. The molecule has 0 unspecified atom stereocenters. The molecule has 0 aliphatic carbocycles. The van der Waals surface area contributed by atoms with Crippen LogP contribution in [0.2, 0.25) is 0 Å². The van der Waals surface area contributed by atoms with Crippen LogP contribution in [-0.2, 0) is 16.8 Å². The lowest BCUT2D eigenvalue weighted by Gasteiger charge is -2.38. The molecule has 35 heavy (non-hydrogen) atoms. The molecule has 0 saturated carbocycles. The van der Waals surface area contributed by atoms with E-state index in [9.17, 15) is 4.79 Å². The van der Waals surface area contributed by atoms with E-state index in [1.54, 1.807) is 11.3 Å². The van der Waals surface area contributed by atoms with Crippen LogP contribution in [0.15, 0.2) is 72.9 Å². The SMILES string of the molecule is Cc1cccnc1CN1CCC2(CC1)C(=O)N(c1sc(-c3ccccc3)nc1C)c1ccccc12. The van der Waals surface area contributed by atoms with Crippen LogP contribution in [0.4, 0.5) is 10.7 Å². The Morgan fingerprint density at radius 2 is 1.69 bits per heavy atom.